The zero-order valence-electron chi connectivity index (χ0n) is 16.7. The average Bonchev–Trinajstić information content (AvgIpc) is 3.05. The highest BCUT2D eigenvalue weighted by molar-refractivity contribution is 7.22. The standard InChI is InChI=1S/C19H24ClN5O3S/c1-19(2,3)28-18(26)25-10-11-12(25)9-24(11)17-22-15-13(29-17)8-14(20)21-16(15)23-4-6-27-7-5-23/h8,11-12H,4-7,9-10H2,1-3H3/t11?,12-/m0/s1. The van der Waals surface area contributed by atoms with Crippen LogP contribution in [0.5, 0.6) is 0 Å². The summed E-state index contributed by atoms with van der Waals surface area (Å²) < 4.78 is 12.0. The number of carbonyl (C=O) groups excluding carboxylic acids is 1. The lowest BCUT2D eigenvalue weighted by Gasteiger charge is -2.61. The Kier molecular flexibility index (Phi) is 4.52. The molecule has 3 saturated heterocycles. The van der Waals surface area contributed by atoms with Crippen LogP contribution in [0.15, 0.2) is 6.07 Å². The van der Waals surface area contributed by atoms with Gasteiger partial charge in [0.1, 0.15) is 16.3 Å². The van der Waals surface area contributed by atoms with Crippen LogP contribution in [0.3, 0.4) is 0 Å². The number of halogens is 1. The number of nitrogens with zero attached hydrogens (tertiary/aromatic N) is 5. The number of fused-ring (bicyclic) bond motifs is 2. The Morgan fingerprint density at radius 3 is 2.66 bits per heavy atom. The number of pyridine rings is 1. The SMILES string of the molecule is CC(C)(C)OC(=O)N1CC2[C@@H]1CN2c1nc2c(N3CCOCC3)nc(Cl)cc2s1. The monoisotopic (exact) mass is 437 g/mol. The van der Waals surface area contributed by atoms with E-state index in [1.54, 1.807) is 11.3 Å². The number of ether oxygens (including phenoxy) is 2. The Bertz CT molecular complexity index is 955. The normalized spacial score (nSPS) is 24.2. The second-order valence-electron chi connectivity index (χ2n) is 8.63. The van der Waals surface area contributed by atoms with Gasteiger partial charge in [-0.15, -0.1) is 0 Å². The molecular weight excluding hydrogens is 414 g/mol. The smallest absolute Gasteiger partial charge is 0.410 e. The van der Waals surface area contributed by atoms with Crippen LogP contribution in [-0.4, -0.2) is 78.0 Å². The Labute approximate surface area is 178 Å². The predicted octanol–water partition coefficient (Wildman–Crippen LogP) is 2.99. The number of piperazine rings is 1. The van der Waals surface area contributed by atoms with Crippen LogP contribution < -0.4 is 9.80 Å². The third kappa shape index (κ3) is 3.39. The summed E-state index contributed by atoms with van der Waals surface area (Å²) >= 11 is 7.92. The van der Waals surface area contributed by atoms with Crippen molar-refractivity contribution in [3.8, 4) is 0 Å². The van der Waals surface area contributed by atoms with Crippen LogP contribution in [0, 0.1) is 0 Å². The third-order valence-electron chi connectivity index (χ3n) is 5.51. The molecule has 2 aromatic heterocycles. The van der Waals surface area contributed by atoms with Crippen LogP contribution in [0.2, 0.25) is 5.15 Å². The molecule has 0 N–H and O–H groups in total. The number of hydrogen-bond donors (Lipinski definition) is 0. The molecule has 3 fully saturated rings. The summed E-state index contributed by atoms with van der Waals surface area (Å²) in [6.45, 7) is 10.1. The van der Waals surface area contributed by atoms with Crippen molar-refractivity contribution in [3.05, 3.63) is 11.2 Å². The number of hydrogen-bond acceptors (Lipinski definition) is 8. The summed E-state index contributed by atoms with van der Waals surface area (Å²) in [6.07, 6.45) is -0.228. The molecule has 0 saturated carbocycles. The number of morpholine rings is 1. The fourth-order valence-electron chi connectivity index (χ4n) is 4.00. The minimum atomic E-state index is -0.471. The van der Waals surface area contributed by atoms with Crippen LogP contribution in [0.25, 0.3) is 10.2 Å². The molecule has 1 amide bonds. The molecule has 5 rings (SSSR count). The molecule has 0 aliphatic carbocycles. The minimum absolute atomic E-state index is 0.206. The molecule has 3 aliphatic heterocycles. The molecule has 0 aromatic carbocycles. The number of amides is 1. The molecule has 8 nitrogen and oxygen atoms in total. The first-order valence-electron chi connectivity index (χ1n) is 9.86. The van der Waals surface area contributed by atoms with Gasteiger partial charge in [0, 0.05) is 26.2 Å². The average molecular weight is 438 g/mol. The predicted molar refractivity (Wildman–Crippen MR) is 113 cm³/mol. The topological polar surface area (TPSA) is 71.0 Å². The van der Waals surface area contributed by atoms with E-state index in [2.05, 4.69) is 14.8 Å². The van der Waals surface area contributed by atoms with Crippen molar-refractivity contribution in [3.63, 3.8) is 0 Å². The Balaban J connectivity index is 1.33. The van der Waals surface area contributed by atoms with E-state index < -0.39 is 5.60 Å². The first kappa shape index (κ1) is 19.1. The number of carbonyl (C=O) groups is 1. The van der Waals surface area contributed by atoms with Gasteiger partial charge in [-0.3, -0.25) is 4.90 Å². The van der Waals surface area contributed by atoms with Crippen molar-refractivity contribution < 1.29 is 14.3 Å². The van der Waals surface area contributed by atoms with Crippen molar-refractivity contribution in [1.29, 1.82) is 0 Å². The van der Waals surface area contributed by atoms with Crippen LogP contribution in [0.1, 0.15) is 20.8 Å². The van der Waals surface area contributed by atoms with Gasteiger partial charge in [-0.05, 0) is 26.8 Å². The van der Waals surface area contributed by atoms with E-state index in [9.17, 15) is 4.79 Å². The van der Waals surface area contributed by atoms with Gasteiger partial charge in [0.15, 0.2) is 10.9 Å². The molecular formula is C19H24ClN5O3S. The summed E-state index contributed by atoms with van der Waals surface area (Å²) in [5.74, 6) is 0.833. The lowest BCUT2D eigenvalue weighted by atomic mass is 9.86. The summed E-state index contributed by atoms with van der Waals surface area (Å²) in [5.41, 5.74) is 0.420. The van der Waals surface area contributed by atoms with Crippen molar-refractivity contribution in [2.24, 2.45) is 0 Å². The number of thiazole rings is 1. The first-order valence-corrected chi connectivity index (χ1v) is 11.1. The van der Waals surface area contributed by atoms with E-state index >= 15 is 0 Å². The third-order valence-corrected chi connectivity index (χ3v) is 6.75. The van der Waals surface area contributed by atoms with E-state index in [0.29, 0.717) is 31.0 Å². The first-order chi connectivity index (χ1) is 13.8. The molecule has 1 unspecified atom stereocenters. The van der Waals surface area contributed by atoms with Gasteiger partial charge in [0.2, 0.25) is 0 Å². The molecule has 2 atom stereocenters. The summed E-state index contributed by atoms with van der Waals surface area (Å²) in [5, 5.41) is 1.44. The Morgan fingerprint density at radius 2 is 2.00 bits per heavy atom. The van der Waals surface area contributed by atoms with Crippen molar-refractivity contribution >= 4 is 50.2 Å². The van der Waals surface area contributed by atoms with E-state index in [-0.39, 0.29) is 12.1 Å². The highest BCUT2D eigenvalue weighted by atomic mass is 35.5. The molecule has 29 heavy (non-hydrogen) atoms. The van der Waals surface area contributed by atoms with E-state index in [1.165, 1.54) is 0 Å². The zero-order valence-corrected chi connectivity index (χ0v) is 18.3. The second-order valence-corrected chi connectivity index (χ2v) is 10.0. The highest BCUT2D eigenvalue weighted by Gasteiger charge is 2.55. The Hall–Kier alpha value is -1.84. The molecule has 5 heterocycles. The van der Waals surface area contributed by atoms with Crippen LogP contribution in [0.4, 0.5) is 15.7 Å². The van der Waals surface area contributed by atoms with Gasteiger partial charge in [-0.1, -0.05) is 22.9 Å². The van der Waals surface area contributed by atoms with Gasteiger partial charge in [-0.25, -0.2) is 14.8 Å². The summed E-state index contributed by atoms with van der Waals surface area (Å²) in [7, 11) is 0. The summed E-state index contributed by atoms with van der Waals surface area (Å²) in [6, 6.07) is 2.39. The van der Waals surface area contributed by atoms with Crippen molar-refractivity contribution in [2.75, 3.05) is 49.2 Å². The molecule has 0 radical (unpaired) electrons. The Morgan fingerprint density at radius 1 is 1.24 bits per heavy atom. The maximum Gasteiger partial charge on any atom is 0.410 e. The molecule has 3 aliphatic rings. The maximum atomic E-state index is 12.3. The highest BCUT2D eigenvalue weighted by Crippen LogP contribution is 2.43. The fraction of sp³-hybridized carbons (Fsp3) is 0.632. The lowest BCUT2D eigenvalue weighted by Crippen LogP contribution is -2.80. The molecule has 0 bridgehead atoms. The minimum Gasteiger partial charge on any atom is -0.444 e. The fourth-order valence-corrected chi connectivity index (χ4v) is 5.31. The molecule has 0 spiro atoms. The van der Waals surface area contributed by atoms with E-state index in [0.717, 1.165) is 40.8 Å². The van der Waals surface area contributed by atoms with Crippen LogP contribution >= 0.6 is 22.9 Å². The number of anilines is 2. The van der Waals surface area contributed by atoms with Gasteiger partial charge in [0.25, 0.3) is 0 Å². The maximum absolute atomic E-state index is 12.3. The van der Waals surface area contributed by atoms with Crippen LogP contribution in [-0.2, 0) is 9.47 Å². The van der Waals surface area contributed by atoms with Crippen molar-refractivity contribution in [2.45, 2.75) is 38.5 Å². The molecule has 2 aromatic rings. The number of likely N-dealkylation sites (tertiary alicyclic amines) is 1. The molecule has 10 heteroatoms. The number of rotatable bonds is 2. The lowest BCUT2D eigenvalue weighted by molar-refractivity contribution is -0.0309. The molecule has 156 valence electrons. The number of aromatic nitrogens is 2. The van der Waals surface area contributed by atoms with E-state index in [1.807, 2.05) is 31.7 Å². The zero-order chi connectivity index (χ0) is 20.3. The quantitative estimate of drug-likeness (QED) is 0.669. The summed E-state index contributed by atoms with van der Waals surface area (Å²) in [4.78, 5) is 28.0. The van der Waals surface area contributed by atoms with Gasteiger partial charge in [-0.2, -0.15) is 0 Å². The largest absolute Gasteiger partial charge is 0.444 e. The van der Waals surface area contributed by atoms with Gasteiger partial charge < -0.3 is 19.3 Å². The van der Waals surface area contributed by atoms with Gasteiger partial charge in [0.05, 0.1) is 30.0 Å². The second kappa shape index (κ2) is 6.85. The van der Waals surface area contributed by atoms with Gasteiger partial charge >= 0.3 is 6.09 Å². The van der Waals surface area contributed by atoms with Crippen molar-refractivity contribution in [1.82, 2.24) is 14.9 Å². The van der Waals surface area contributed by atoms with E-state index in [4.69, 9.17) is 26.1 Å².